The summed E-state index contributed by atoms with van der Waals surface area (Å²) >= 11 is 0. The van der Waals surface area contributed by atoms with Gasteiger partial charge in [0.15, 0.2) is 0 Å². The molecular weight excluding hydrogens is 314 g/mol. The van der Waals surface area contributed by atoms with E-state index >= 15 is 0 Å². The number of benzene rings is 1. The number of imidazole rings is 1. The fraction of sp³-hybridized carbons (Fsp3) is 0.350. The summed E-state index contributed by atoms with van der Waals surface area (Å²) < 4.78 is 12.9. The Bertz CT molecular complexity index is 796. The van der Waals surface area contributed by atoms with Crippen LogP contribution < -0.4 is 10.1 Å². The largest absolute Gasteiger partial charge is 0.487 e. The maximum atomic E-state index is 5.86. The van der Waals surface area contributed by atoms with Gasteiger partial charge in [0, 0.05) is 32.7 Å². The molecule has 0 saturated heterocycles. The number of aromatic nitrogens is 2. The number of rotatable bonds is 9. The van der Waals surface area contributed by atoms with Crippen molar-refractivity contribution in [2.45, 2.75) is 26.5 Å². The zero-order chi connectivity index (χ0) is 17.5. The average molecular weight is 339 g/mol. The first-order chi connectivity index (χ1) is 12.3. The molecule has 0 fully saturated rings. The molecule has 1 aromatic carbocycles. The molecule has 0 bridgehead atoms. The van der Waals surface area contributed by atoms with Gasteiger partial charge in [-0.15, -0.1) is 0 Å². The lowest BCUT2D eigenvalue weighted by molar-refractivity contribution is 0.194. The van der Waals surface area contributed by atoms with Crippen molar-refractivity contribution in [2.24, 2.45) is 0 Å². The van der Waals surface area contributed by atoms with Crippen molar-refractivity contribution in [1.29, 1.82) is 0 Å². The van der Waals surface area contributed by atoms with E-state index in [-0.39, 0.29) is 0 Å². The van der Waals surface area contributed by atoms with E-state index in [1.165, 1.54) is 5.56 Å². The molecular formula is C20H25N3O2. The van der Waals surface area contributed by atoms with Gasteiger partial charge in [0.05, 0.1) is 5.69 Å². The second kappa shape index (κ2) is 8.65. The molecule has 0 aliphatic heterocycles. The number of hydrogen-bond acceptors (Lipinski definition) is 4. The third-order valence-corrected chi connectivity index (χ3v) is 4.07. The Labute approximate surface area is 148 Å². The molecule has 0 radical (unpaired) electrons. The van der Waals surface area contributed by atoms with Gasteiger partial charge in [-0.2, -0.15) is 0 Å². The van der Waals surface area contributed by atoms with Gasteiger partial charge >= 0.3 is 0 Å². The van der Waals surface area contributed by atoms with Crippen molar-refractivity contribution in [3.8, 4) is 5.75 Å². The summed E-state index contributed by atoms with van der Waals surface area (Å²) in [4.78, 5) is 4.63. The SMILES string of the molecule is COCCCNCc1ccc(OCc2cn3cccc(C)c3n2)cc1. The third kappa shape index (κ3) is 4.81. The third-order valence-electron chi connectivity index (χ3n) is 4.07. The van der Waals surface area contributed by atoms with Crippen LogP contribution in [0.3, 0.4) is 0 Å². The van der Waals surface area contributed by atoms with Crippen molar-refractivity contribution in [2.75, 3.05) is 20.3 Å². The molecule has 0 aliphatic rings. The van der Waals surface area contributed by atoms with Crippen LogP contribution in [0, 0.1) is 6.92 Å². The van der Waals surface area contributed by atoms with E-state index in [1.807, 2.05) is 35.0 Å². The number of methoxy groups -OCH3 is 1. The number of hydrogen-bond donors (Lipinski definition) is 1. The van der Waals surface area contributed by atoms with Crippen molar-refractivity contribution in [3.63, 3.8) is 0 Å². The quantitative estimate of drug-likeness (QED) is 0.607. The monoisotopic (exact) mass is 339 g/mol. The first-order valence-corrected chi connectivity index (χ1v) is 8.61. The summed E-state index contributed by atoms with van der Waals surface area (Å²) in [5, 5.41) is 3.40. The molecule has 0 atom stereocenters. The van der Waals surface area contributed by atoms with E-state index in [9.17, 15) is 0 Å². The Kier molecular flexibility index (Phi) is 6.04. The maximum absolute atomic E-state index is 5.86. The van der Waals surface area contributed by atoms with Gasteiger partial charge in [0.25, 0.3) is 0 Å². The van der Waals surface area contributed by atoms with Gasteiger partial charge in [-0.25, -0.2) is 4.98 Å². The second-order valence-electron chi connectivity index (χ2n) is 6.11. The fourth-order valence-corrected chi connectivity index (χ4v) is 2.71. The summed E-state index contributed by atoms with van der Waals surface area (Å²) in [5.74, 6) is 0.858. The maximum Gasteiger partial charge on any atom is 0.140 e. The molecule has 0 amide bonds. The van der Waals surface area contributed by atoms with Gasteiger partial charge in [0.2, 0.25) is 0 Å². The van der Waals surface area contributed by atoms with E-state index < -0.39 is 0 Å². The molecule has 1 N–H and O–H groups in total. The molecule has 5 heteroatoms. The lowest BCUT2D eigenvalue weighted by Crippen LogP contribution is -2.15. The van der Waals surface area contributed by atoms with Crippen LogP contribution >= 0.6 is 0 Å². The van der Waals surface area contributed by atoms with Crippen LogP contribution in [0.4, 0.5) is 0 Å². The Hall–Kier alpha value is -2.37. The molecule has 2 heterocycles. The Morgan fingerprint density at radius 1 is 1.16 bits per heavy atom. The first-order valence-electron chi connectivity index (χ1n) is 8.61. The Morgan fingerprint density at radius 2 is 2.00 bits per heavy atom. The summed E-state index contributed by atoms with van der Waals surface area (Å²) in [6.45, 7) is 5.14. The van der Waals surface area contributed by atoms with Crippen LogP contribution in [0.1, 0.15) is 23.2 Å². The number of pyridine rings is 1. The first kappa shape index (κ1) is 17.5. The van der Waals surface area contributed by atoms with E-state index in [0.29, 0.717) is 6.61 Å². The van der Waals surface area contributed by atoms with E-state index in [2.05, 4.69) is 35.4 Å². The van der Waals surface area contributed by atoms with Crippen LogP contribution in [0.5, 0.6) is 5.75 Å². The summed E-state index contributed by atoms with van der Waals surface area (Å²) in [6.07, 6.45) is 5.05. The van der Waals surface area contributed by atoms with Crippen LogP contribution in [0.2, 0.25) is 0 Å². The van der Waals surface area contributed by atoms with Gasteiger partial charge in [-0.3, -0.25) is 0 Å². The summed E-state index contributed by atoms with van der Waals surface area (Å²) in [6, 6.07) is 12.3. The standard InChI is InChI=1S/C20H25N3O2/c1-16-5-3-11-23-14-18(22-20(16)23)15-25-19-8-6-17(7-9-19)13-21-10-4-12-24-2/h3,5-9,11,14,21H,4,10,12-13,15H2,1-2H3. The van der Waals surface area contributed by atoms with Crippen molar-refractivity contribution in [1.82, 2.24) is 14.7 Å². The normalized spacial score (nSPS) is 11.1. The zero-order valence-corrected chi connectivity index (χ0v) is 14.9. The van der Waals surface area contributed by atoms with Crippen LogP contribution in [0.15, 0.2) is 48.8 Å². The van der Waals surface area contributed by atoms with Gasteiger partial charge in [-0.05, 0) is 49.2 Å². The number of aryl methyl sites for hydroxylation is 1. The predicted octanol–water partition coefficient (Wildman–Crippen LogP) is 3.35. The molecule has 25 heavy (non-hydrogen) atoms. The Balaban J connectivity index is 1.50. The zero-order valence-electron chi connectivity index (χ0n) is 14.9. The average Bonchev–Trinajstić information content (AvgIpc) is 3.05. The summed E-state index contributed by atoms with van der Waals surface area (Å²) in [5.41, 5.74) is 4.32. The smallest absolute Gasteiger partial charge is 0.140 e. The molecule has 5 nitrogen and oxygen atoms in total. The Morgan fingerprint density at radius 3 is 2.76 bits per heavy atom. The number of fused-ring (bicyclic) bond motifs is 1. The molecule has 132 valence electrons. The van der Waals surface area contributed by atoms with E-state index in [4.69, 9.17) is 9.47 Å². The number of nitrogens with one attached hydrogen (secondary N) is 1. The highest BCUT2D eigenvalue weighted by molar-refractivity contribution is 5.47. The lowest BCUT2D eigenvalue weighted by atomic mass is 10.2. The highest BCUT2D eigenvalue weighted by Crippen LogP contribution is 2.15. The van der Waals surface area contributed by atoms with Crippen molar-refractivity contribution in [3.05, 3.63) is 65.6 Å². The van der Waals surface area contributed by atoms with Crippen LogP contribution in [0.25, 0.3) is 5.65 Å². The number of nitrogens with zero attached hydrogens (tertiary/aromatic N) is 2. The van der Waals surface area contributed by atoms with Crippen LogP contribution in [-0.2, 0) is 17.9 Å². The molecule has 0 aliphatic carbocycles. The van der Waals surface area contributed by atoms with Crippen molar-refractivity contribution >= 4 is 5.65 Å². The van der Waals surface area contributed by atoms with Gasteiger partial charge < -0.3 is 19.2 Å². The van der Waals surface area contributed by atoms with Gasteiger partial charge in [-0.1, -0.05) is 18.2 Å². The van der Waals surface area contributed by atoms with E-state index in [0.717, 1.165) is 48.8 Å². The van der Waals surface area contributed by atoms with Crippen LogP contribution in [-0.4, -0.2) is 29.6 Å². The molecule has 3 rings (SSSR count). The summed E-state index contributed by atoms with van der Waals surface area (Å²) in [7, 11) is 1.73. The molecule has 0 saturated carbocycles. The minimum absolute atomic E-state index is 0.468. The minimum atomic E-state index is 0.468. The lowest BCUT2D eigenvalue weighted by Gasteiger charge is -2.07. The highest BCUT2D eigenvalue weighted by atomic mass is 16.5. The second-order valence-corrected chi connectivity index (χ2v) is 6.11. The minimum Gasteiger partial charge on any atom is -0.487 e. The topological polar surface area (TPSA) is 47.8 Å². The van der Waals surface area contributed by atoms with Crippen molar-refractivity contribution < 1.29 is 9.47 Å². The molecule has 0 spiro atoms. The predicted molar refractivity (Wildman–Crippen MR) is 98.9 cm³/mol. The van der Waals surface area contributed by atoms with Gasteiger partial charge in [0.1, 0.15) is 18.0 Å². The molecule has 3 aromatic rings. The molecule has 0 unspecified atom stereocenters. The molecule has 2 aromatic heterocycles. The van der Waals surface area contributed by atoms with E-state index in [1.54, 1.807) is 7.11 Å². The fourth-order valence-electron chi connectivity index (χ4n) is 2.71. The highest BCUT2D eigenvalue weighted by Gasteiger charge is 2.04. The number of ether oxygens (including phenoxy) is 2.